The predicted octanol–water partition coefficient (Wildman–Crippen LogP) is 3.05. The van der Waals surface area contributed by atoms with Crippen LogP contribution in [0.2, 0.25) is 0 Å². The highest BCUT2D eigenvalue weighted by Crippen LogP contribution is 2.55. The second kappa shape index (κ2) is 2.16. The zero-order valence-electron chi connectivity index (χ0n) is 6.45. The Morgan fingerprint density at radius 3 is 2.33 bits per heavy atom. The number of hydrogen-bond acceptors (Lipinski definition) is 0. The van der Waals surface area contributed by atoms with Crippen molar-refractivity contribution >= 4 is 11.6 Å². The van der Waals surface area contributed by atoms with Gasteiger partial charge in [-0.3, -0.25) is 0 Å². The molecule has 2 atom stereocenters. The van der Waals surface area contributed by atoms with Gasteiger partial charge in [-0.2, -0.15) is 0 Å². The van der Waals surface area contributed by atoms with Crippen LogP contribution in [0.15, 0.2) is 0 Å². The molecule has 1 aliphatic rings. The van der Waals surface area contributed by atoms with Crippen LogP contribution in [-0.4, -0.2) is 4.87 Å². The van der Waals surface area contributed by atoms with Crippen LogP contribution in [0, 0.1) is 11.8 Å². The Kier molecular flexibility index (Phi) is 1.77. The SMILES string of the molecule is CCC1(Cl)CC1C(C)C. The van der Waals surface area contributed by atoms with Crippen molar-refractivity contribution in [3.63, 3.8) is 0 Å². The van der Waals surface area contributed by atoms with Crippen molar-refractivity contribution in [3.05, 3.63) is 0 Å². The molecule has 54 valence electrons. The summed E-state index contributed by atoms with van der Waals surface area (Å²) in [5.41, 5.74) is 0. The van der Waals surface area contributed by atoms with Gasteiger partial charge < -0.3 is 0 Å². The Balaban J connectivity index is 2.38. The van der Waals surface area contributed by atoms with Gasteiger partial charge in [0.2, 0.25) is 0 Å². The molecule has 0 radical (unpaired) electrons. The van der Waals surface area contributed by atoms with Crippen LogP contribution in [0.3, 0.4) is 0 Å². The Morgan fingerprint density at radius 2 is 2.22 bits per heavy atom. The van der Waals surface area contributed by atoms with Gasteiger partial charge in [0.1, 0.15) is 0 Å². The smallest absolute Gasteiger partial charge is 0.0478 e. The first-order valence-corrected chi connectivity index (χ1v) is 4.17. The minimum Gasteiger partial charge on any atom is -0.119 e. The van der Waals surface area contributed by atoms with Gasteiger partial charge in [-0.25, -0.2) is 0 Å². The third-order valence-corrected chi connectivity index (χ3v) is 3.16. The first-order chi connectivity index (χ1) is 4.10. The number of rotatable bonds is 2. The normalized spacial score (nSPS) is 41.7. The molecule has 1 fully saturated rings. The summed E-state index contributed by atoms with van der Waals surface area (Å²) in [7, 11) is 0. The van der Waals surface area contributed by atoms with Crippen LogP contribution < -0.4 is 0 Å². The molecule has 0 aliphatic heterocycles. The van der Waals surface area contributed by atoms with Crippen LogP contribution in [0.4, 0.5) is 0 Å². The van der Waals surface area contributed by atoms with Crippen molar-refractivity contribution in [1.82, 2.24) is 0 Å². The van der Waals surface area contributed by atoms with Gasteiger partial charge in [0.25, 0.3) is 0 Å². The summed E-state index contributed by atoms with van der Waals surface area (Å²) in [4.78, 5) is 0.203. The van der Waals surface area contributed by atoms with E-state index in [2.05, 4.69) is 20.8 Å². The molecule has 0 nitrogen and oxygen atoms in total. The summed E-state index contributed by atoms with van der Waals surface area (Å²) >= 11 is 6.19. The molecule has 0 bridgehead atoms. The summed E-state index contributed by atoms with van der Waals surface area (Å²) in [6.07, 6.45) is 2.38. The topological polar surface area (TPSA) is 0 Å². The molecule has 0 saturated heterocycles. The van der Waals surface area contributed by atoms with Crippen LogP contribution in [0.5, 0.6) is 0 Å². The van der Waals surface area contributed by atoms with Crippen molar-refractivity contribution in [1.29, 1.82) is 0 Å². The molecule has 0 aromatic carbocycles. The fourth-order valence-corrected chi connectivity index (χ4v) is 1.96. The Labute approximate surface area is 62.6 Å². The van der Waals surface area contributed by atoms with Crippen molar-refractivity contribution in [2.24, 2.45) is 11.8 Å². The van der Waals surface area contributed by atoms with Gasteiger partial charge >= 0.3 is 0 Å². The molecule has 0 amide bonds. The van der Waals surface area contributed by atoms with Crippen LogP contribution in [0.1, 0.15) is 33.6 Å². The van der Waals surface area contributed by atoms with E-state index in [1.54, 1.807) is 0 Å². The average Bonchev–Trinajstić information content (AvgIpc) is 2.44. The summed E-state index contributed by atoms with van der Waals surface area (Å²) in [6, 6.07) is 0. The van der Waals surface area contributed by atoms with Gasteiger partial charge in [0.15, 0.2) is 0 Å². The highest BCUT2D eigenvalue weighted by Gasteiger charge is 2.52. The van der Waals surface area contributed by atoms with Crippen molar-refractivity contribution in [2.45, 2.75) is 38.5 Å². The molecule has 1 aliphatic carbocycles. The van der Waals surface area contributed by atoms with E-state index in [0.29, 0.717) is 0 Å². The second-order valence-electron chi connectivity index (χ2n) is 3.44. The third-order valence-electron chi connectivity index (χ3n) is 2.46. The first kappa shape index (κ1) is 7.40. The van der Waals surface area contributed by atoms with Gasteiger partial charge in [-0.15, -0.1) is 11.6 Å². The molecule has 1 heteroatoms. The van der Waals surface area contributed by atoms with E-state index in [0.717, 1.165) is 18.3 Å². The van der Waals surface area contributed by atoms with E-state index in [1.807, 2.05) is 0 Å². The lowest BCUT2D eigenvalue weighted by Crippen LogP contribution is -2.04. The van der Waals surface area contributed by atoms with Crippen molar-refractivity contribution in [2.75, 3.05) is 0 Å². The largest absolute Gasteiger partial charge is 0.119 e. The lowest BCUT2D eigenvalue weighted by Gasteiger charge is -2.06. The maximum atomic E-state index is 6.19. The summed E-state index contributed by atoms with van der Waals surface area (Å²) in [5, 5.41) is 0. The molecular weight excluding hydrogens is 132 g/mol. The van der Waals surface area contributed by atoms with Gasteiger partial charge in [0.05, 0.1) is 0 Å². The molecule has 1 rings (SSSR count). The predicted molar refractivity (Wildman–Crippen MR) is 41.8 cm³/mol. The standard InChI is InChI=1S/C8H15Cl/c1-4-8(9)5-7(8)6(2)3/h6-7H,4-5H2,1-3H3. The van der Waals surface area contributed by atoms with Crippen molar-refractivity contribution in [3.8, 4) is 0 Å². The number of halogens is 1. The fourth-order valence-electron chi connectivity index (χ4n) is 1.55. The van der Waals surface area contributed by atoms with E-state index in [9.17, 15) is 0 Å². The molecule has 0 aromatic rings. The first-order valence-electron chi connectivity index (χ1n) is 3.79. The van der Waals surface area contributed by atoms with Gasteiger partial charge in [-0.1, -0.05) is 20.8 Å². The van der Waals surface area contributed by atoms with Crippen LogP contribution in [-0.2, 0) is 0 Å². The van der Waals surface area contributed by atoms with Crippen molar-refractivity contribution < 1.29 is 0 Å². The Bertz CT molecular complexity index is 109. The molecule has 0 N–H and O–H groups in total. The Morgan fingerprint density at radius 1 is 1.67 bits per heavy atom. The quantitative estimate of drug-likeness (QED) is 0.526. The van der Waals surface area contributed by atoms with E-state index in [4.69, 9.17) is 11.6 Å². The average molecular weight is 147 g/mol. The number of hydrogen-bond donors (Lipinski definition) is 0. The summed E-state index contributed by atoms with van der Waals surface area (Å²) in [5.74, 6) is 1.58. The zero-order valence-corrected chi connectivity index (χ0v) is 7.20. The maximum absolute atomic E-state index is 6.19. The van der Waals surface area contributed by atoms with Gasteiger partial charge in [0, 0.05) is 4.87 Å². The summed E-state index contributed by atoms with van der Waals surface area (Å²) in [6.45, 7) is 6.68. The molecular formula is C8H15Cl. The third kappa shape index (κ3) is 1.24. The second-order valence-corrected chi connectivity index (χ2v) is 4.20. The summed E-state index contributed by atoms with van der Waals surface area (Å²) < 4.78 is 0. The van der Waals surface area contributed by atoms with E-state index in [-0.39, 0.29) is 4.87 Å². The molecule has 9 heavy (non-hydrogen) atoms. The molecule has 0 aromatic heterocycles. The van der Waals surface area contributed by atoms with Gasteiger partial charge in [-0.05, 0) is 24.7 Å². The number of alkyl halides is 1. The molecule has 1 saturated carbocycles. The molecule has 0 heterocycles. The van der Waals surface area contributed by atoms with Crippen LogP contribution >= 0.6 is 11.6 Å². The molecule has 2 unspecified atom stereocenters. The minimum absolute atomic E-state index is 0.203. The van der Waals surface area contributed by atoms with Crippen LogP contribution in [0.25, 0.3) is 0 Å². The molecule has 0 spiro atoms. The minimum atomic E-state index is 0.203. The Hall–Kier alpha value is 0.290. The lowest BCUT2D eigenvalue weighted by molar-refractivity contribution is 0.524. The zero-order chi connectivity index (χ0) is 7.07. The van der Waals surface area contributed by atoms with E-state index in [1.165, 1.54) is 6.42 Å². The lowest BCUT2D eigenvalue weighted by atomic mass is 10.1. The highest BCUT2D eigenvalue weighted by molar-refractivity contribution is 6.26. The maximum Gasteiger partial charge on any atom is 0.0478 e. The van der Waals surface area contributed by atoms with E-state index >= 15 is 0 Å². The fraction of sp³-hybridized carbons (Fsp3) is 1.00. The van der Waals surface area contributed by atoms with E-state index < -0.39 is 0 Å². The monoisotopic (exact) mass is 146 g/mol. The highest BCUT2D eigenvalue weighted by atomic mass is 35.5.